The Balaban J connectivity index is 2.25. The van der Waals surface area contributed by atoms with E-state index < -0.39 is 5.91 Å². The van der Waals surface area contributed by atoms with Crippen LogP contribution in [0.25, 0.3) is 0 Å². The van der Waals surface area contributed by atoms with Crippen LogP contribution in [0.5, 0.6) is 0 Å². The molecule has 0 bridgehead atoms. The van der Waals surface area contributed by atoms with Gasteiger partial charge in [0.25, 0.3) is 5.56 Å². The molecule has 20 heavy (non-hydrogen) atoms. The average Bonchev–Trinajstić information content (AvgIpc) is 2.38. The summed E-state index contributed by atoms with van der Waals surface area (Å²) < 4.78 is 0. The minimum absolute atomic E-state index is 0.162. The zero-order valence-corrected chi connectivity index (χ0v) is 11.3. The SMILES string of the molecule is CC(C)c1cc(=O)[nH]c(Nc2ccc(C(N)=O)cc2)n1. The highest BCUT2D eigenvalue weighted by Gasteiger charge is 2.06. The molecule has 0 saturated heterocycles. The van der Waals surface area contributed by atoms with Crippen LogP contribution in [0.4, 0.5) is 11.6 Å². The maximum absolute atomic E-state index is 11.6. The molecule has 0 aliphatic rings. The zero-order chi connectivity index (χ0) is 14.7. The van der Waals surface area contributed by atoms with Crippen molar-refractivity contribution in [2.24, 2.45) is 5.73 Å². The molecule has 0 aliphatic carbocycles. The van der Waals surface area contributed by atoms with Crippen molar-refractivity contribution in [3.63, 3.8) is 0 Å². The Hall–Kier alpha value is -2.63. The van der Waals surface area contributed by atoms with Crippen molar-refractivity contribution in [3.05, 3.63) is 51.9 Å². The molecule has 4 N–H and O–H groups in total. The van der Waals surface area contributed by atoms with Crippen LogP contribution in [0.15, 0.2) is 35.1 Å². The molecule has 0 unspecified atom stereocenters. The number of hydrogen-bond acceptors (Lipinski definition) is 4. The number of nitrogens with one attached hydrogen (secondary N) is 2. The number of H-pyrrole nitrogens is 1. The lowest BCUT2D eigenvalue weighted by Gasteiger charge is -2.09. The summed E-state index contributed by atoms with van der Waals surface area (Å²) in [4.78, 5) is 29.5. The smallest absolute Gasteiger partial charge is 0.252 e. The van der Waals surface area contributed by atoms with E-state index >= 15 is 0 Å². The van der Waals surface area contributed by atoms with Gasteiger partial charge in [0.2, 0.25) is 11.9 Å². The summed E-state index contributed by atoms with van der Waals surface area (Å²) >= 11 is 0. The minimum atomic E-state index is -0.482. The molecule has 2 rings (SSSR count). The Bertz CT molecular complexity index is 674. The van der Waals surface area contributed by atoms with Gasteiger partial charge in [0.15, 0.2) is 0 Å². The third-order valence-electron chi connectivity index (χ3n) is 2.79. The number of benzene rings is 1. The Morgan fingerprint density at radius 3 is 2.50 bits per heavy atom. The second-order valence-electron chi connectivity index (χ2n) is 4.74. The topological polar surface area (TPSA) is 101 Å². The molecule has 2 aromatic rings. The van der Waals surface area contributed by atoms with Gasteiger partial charge in [0.05, 0.1) is 5.69 Å². The molecule has 1 aromatic carbocycles. The van der Waals surface area contributed by atoms with Gasteiger partial charge in [-0.15, -0.1) is 0 Å². The molecule has 1 heterocycles. The number of nitrogens with zero attached hydrogens (tertiary/aromatic N) is 1. The van der Waals surface area contributed by atoms with Crippen molar-refractivity contribution < 1.29 is 4.79 Å². The molecule has 6 nitrogen and oxygen atoms in total. The predicted octanol–water partition coefficient (Wildman–Crippen LogP) is 1.74. The number of aromatic amines is 1. The standard InChI is InChI=1S/C14H16N4O2/c1-8(2)11-7-12(19)18-14(17-11)16-10-5-3-9(4-6-10)13(15)20/h3-8H,1-2H3,(H2,15,20)(H2,16,17,18,19). The van der Waals surface area contributed by atoms with Gasteiger partial charge in [-0.3, -0.25) is 14.6 Å². The number of carbonyl (C=O) groups is 1. The van der Waals surface area contributed by atoms with Gasteiger partial charge in [-0.05, 0) is 30.2 Å². The molecular weight excluding hydrogens is 256 g/mol. The Morgan fingerprint density at radius 2 is 1.95 bits per heavy atom. The fourth-order valence-corrected chi connectivity index (χ4v) is 1.69. The van der Waals surface area contributed by atoms with Gasteiger partial charge in [0, 0.05) is 17.3 Å². The molecule has 0 aliphatic heterocycles. The van der Waals surface area contributed by atoms with Crippen molar-refractivity contribution >= 4 is 17.5 Å². The van der Waals surface area contributed by atoms with Crippen molar-refractivity contribution in [1.82, 2.24) is 9.97 Å². The highest BCUT2D eigenvalue weighted by Crippen LogP contribution is 2.15. The van der Waals surface area contributed by atoms with Gasteiger partial charge < -0.3 is 11.1 Å². The molecule has 6 heteroatoms. The molecule has 1 amide bonds. The van der Waals surface area contributed by atoms with Crippen LogP contribution >= 0.6 is 0 Å². The number of hydrogen-bond donors (Lipinski definition) is 3. The predicted molar refractivity (Wildman–Crippen MR) is 77.2 cm³/mol. The van der Waals surface area contributed by atoms with E-state index in [2.05, 4.69) is 15.3 Å². The van der Waals surface area contributed by atoms with Crippen LogP contribution in [0.1, 0.15) is 35.8 Å². The van der Waals surface area contributed by atoms with Crippen LogP contribution in [-0.2, 0) is 0 Å². The summed E-state index contributed by atoms with van der Waals surface area (Å²) in [7, 11) is 0. The first-order valence-corrected chi connectivity index (χ1v) is 6.24. The van der Waals surface area contributed by atoms with Gasteiger partial charge in [-0.25, -0.2) is 4.98 Å². The third-order valence-corrected chi connectivity index (χ3v) is 2.79. The van der Waals surface area contributed by atoms with E-state index in [0.717, 1.165) is 0 Å². The number of nitrogens with two attached hydrogens (primary N) is 1. The fourth-order valence-electron chi connectivity index (χ4n) is 1.69. The van der Waals surface area contributed by atoms with Crippen LogP contribution in [0, 0.1) is 0 Å². The Morgan fingerprint density at radius 1 is 1.30 bits per heavy atom. The van der Waals surface area contributed by atoms with E-state index in [-0.39, 0.29) is 11.5 Å². The average molecular weight is 272 g/mol. The summed E-state index contributed by atoms with van der Waals surface area (Å²) in [5, 5.41) is 2.99. The maximum atomic E-state index is 11.6. The first kappa shape index (κ1) is 13.8. The lowest BCUT2D eigenvalue weighted by molar-refractivity contribution is 0.100. The third kappa shape index (κ3) is 3.23. The number of primary amides is 1. The van der Waals surface area contributed by atoms with E-state index in [4.69, 9.17) is 5.73 Å². The van der Waals surface area contributed by atoms with Crippen molar-refractivity contribution in [1.29, 1.82) is 0 Å². The quantitative estimate of drug-likeness (QED) is 0.789. The molecule has 0 atom stereocenters. The Kier molecular flexibility index (Phi) is 3.84. The summed E-state index contributed by atoms with van der Waals surface area (Å²) in [5.41, 5.74) is 6.81. The number of anilines is 2. The molecule has 0 saturated carbocycles. The molecule has 104 valence electrons. The van der Waals surface area contributed by atoms with Crippen LogP contribution < -0.4 is 16.6 Å². The van der Waals surface area contributed by atoms with Gasteiger partial charge in [-0.1, -0.05) is 13.8 Å². The zero-order valence-electron chi connectivity index (χ0n) is 11.3. The largest absolute Gasteiger partial charge is 0.366 e. The molecule has 0 spiro atoms. The lowest BCUT2D eigenvalue weighted by Crippen LogP contribution is -2.13. The number of rotatable bonds is 4. The monoisotopic (exact) mass is 272 g/mol. The van der Waals surface area contributed by atoms with Gasteiger partial charge in [-0.2, -0.15) is 0 Å². The van der Waals surface area contributed by atoms with E-state index in [0.29, 0.717) is 22.9 Å². The number of carbonyl (C=O) groups excluding carboxylic acids is 1. The molecular formula is C14H16N4O2. The Labute approximate surface area is 116 Å². The lowest BCUT2D eigenvalue weighted by atomic mass is 10.1. The highest BCUT2D eigenvalue weighted by atomic mass is 16.1. The van der Waals surface area contributed by atoms with Gasteiger partial charge >= 0.3 is 0 Å². The first-order valence-electron chi connectivity index (χ1n) is 6.24. The second kappa shape index (κ2) is 5.56. The summed E-state index contributed by atoms with van der Waals surface area (Å²) in [5.74, 6) is 0.0491. The molecule has 0 fully saturated rings. The first-order chi connectivity index (χ1) is 9.45. The number of amides is 1. The summed E-state index contributed by atoms with van der Waals surface area (Å²) in [6.07, 6.45) is 0. The van der Waals surface area contributed by atoms with E-state index in [1.165, 1.54) is 6.07 Å². The maximum Gasteiger partial charge on any atom is 0.252 e. The van der Waals surface area contributed by atoms with Crippen molar-refractivity contribution in [2.45, 2.75) is 19.8 Å². The molecule has 1 aromatic heterocycles. The molecule has 0 radical (unpaired) electrons. The normalized spacial score (nSPS) is 10.6. The van der Waals surface area contributed by atoms with Crippen molar-refractivity contribution in [2.75, 3.05) is 5.32 Å². The fraction of sp³-hybridized carbons (Fsp3) is 0.214. The van der Waals surface area contributed by atoms with Crippen LogP contribution in [-0.4, -0.2) is 15.9 Å². The number of aromatic nitrogens is 2. The summed E-state index contributed by atoms with van der Waals surface area (Å²) in [6, 6.07) is 8.08. The van der Waals surface area contributed by atoms with E-state index in [1.807, 2.05) is 13.8 Å². The van der Waals surface area contributed by atoms with E-state index in [9.17, 15) is 9.59 Å². The van der Waals surface area contributed by atoms with Crippen LogP contribution in [0.2, 0.25) is 0 Å². The second-order valence-corrected chi connectivity index (χ2v) is 4.74. The highest BCUT2D eigenvalue weighted by molar-refractivity contribution is 5.93. The van der Waals surface area contributed by atoms with E-state index in [1.54, 1.807) is 24.3 Å². The van der Waals surface area contributed by atoms with Crippen molar-refractivity contribution in [3.8, 4) is 0 Å². The minimum Gasteiger partial charge on any atom is -0.366 e. The van der Waals surface area contributed by atoms with Gasteiger partial charge in [0.1, 0.15) is 0 Å². The summed E-state index contributed by atoms with van der Waals surface area (Å²) in [6.45, 7) is 3.93. The van der Waals surface area contributed by atoms with Crippen LogP contribution in [0.3, 0.4) is 0 Å².